The SMILES string of the molecule is CC(C)(O)c1ccc2c(c1)c1ncccc1n2C1CCNC1. The third-order valence-electron chi connectivity index (χ3n) is 4.66. The molecule has 0 radical (unpaired) electrons. The highest BCUT2D eigenvalue weighted by atomic mass is 16.3. The third kappa shape index (κ3) is 2.02. The van der Waals surface area contributed by atoms with E-state index in [1.54, 1.807) is 0 Å². The molecule has 3 heterocycles. The van der Waals surface area contributed by atoms with Crippen molar-refractivity contribution in [1.82, 2.24) is 14.9 Å². The monoisotopic (exact) mass is 295 g/mol. The van der Waals surface area contributed by atoms with Crippen LogP contribution in [-0.4, -0.2) is 27.7 Å². The Balaban J connectivity index is 2.05. The van der Waals surface area contributed by atoms with Crippen molar-refractivity contribution < 1.29 is 5.11 Å². The largest absolute Gasteiger partial charge is 0.386 e. The van der Waals surface area contributed by atoms with Crippen molar-refractivity contribution in [2.45, 2.75) is 31.9 Å². The van der Waals surface area contributed by atoms with Gasteiger partial charge in [-0.3, -0.25) is 4.98 Å². The first-order chi connectivity index (χ1) is 10.6. The minimum absolute atomic E-state index is 0.470. The predicted molar refractivity (Wildman–Crippen MR) is 89.0 cm³/mol. The molecule has 0 spiro atoms. The van der Waals surface area contributed by atoms with Crippen molar-refractivity contribution in [2.24, 2.45) is 0 Å². The molecule has 1 unspecified atom stereocenters. The Morgan fingerprint density at radius 2 is 2.14 bits per heavy atom. The molecule has 1 aromatic carbocycles. The number of aromatic nitrogens is 2. The quantitative estimate of drug-likeness (QED) is 0.764. The van der Waals surface area contributed by atoms with Crippen LogP contribution in [0, 0.1) is 0 Å². The highest BCUT2D eigenvalue weighted by molar-refractivity contribution is 6.06. The molecule has 22 heavy (non-hydrogen) atoms. The summed E-state index contributed by atoms with van der Waals surface area (Å²) in [4.78, 5) is 4.60. The van der Waals surface area contributed by atoms with Crippen LogP contribution in [0.3, 0.4) is 0 Å². The molecule has 0 amide bonds. The molecule has 0 bridgehead atoms. The van der Waals surface area contributed by atoms with Crippen LogP contribution in [0.4, 0.5) is 0 Å². The maximum Gasteiger partial charge on any atom is 0.0959 e. The first kappa shape index (κ1) is 13.7. The van der Waals surface area contributed by atoms with Gasteiger partial charge in [0.1, 0.15) is 0 Å². The third-order valence-corrected chi connectivity index (χ3v) is 4.66. The second kappa shape index (κ2) is 4.80. The maximum absolute atomic E-state index is 10.3. The van der Waals surface area contributed by atoms with E-state index in [1.807, 2.05) is 32.2 Å². The minimum Gasteiger partial charge on any atom is -0.386 e. The van der Waals surface area contributed by atoms with Crippen molar-refractivity contribution >= 4 is 21.9 Å². The number of pyridine rings is 1. The molecule has 1 fully saturated rings. The van der Waals surface area contributed by atoms with Crippen molar-refractivity contribution in [2.75, 3.05) is 13.1 Å². The molecule has 1 aliphatic rings. The normalized spacial score (nSPS) is 19.3. The number of rotatable bonds is 2. The molecule has 4 nitrogen and oxygen atoms in total. The number of fused-ring (bicyclic) bond motifs is 3. The van der Waals surface area contributed by atoms with Crippen LogP contribution in [-0.2, 0) is 5.60 Å². The van der Waals surface area contributed by atoms with Gasteiger partial charge in [0.2, 0.25) is 0 Å². The van der Waals surface area contributed by atoms with Gasteiger partial charge >= 0.3 is 0 Å². The van der Waals surface area contributed by atoms with E-state index in [-0.39, 0.29) is 0 Å². The van der Waals surface area contributed by atoms with Gasteiger partial charge in [-0.05, 0) is 56.6 Å². The van der Waals surface area contributed by atoms with Crippen LogP contribution >= 0.6 is 0 Å². The number of nitrogens with one attached hydrogen (secondary N) is 1. The van der Waals surface area contributed by atoms with Gasteiger partial charge in [-0.25, -0.2) is 0 Å². The molecule has 3 aromatic rings. The zero-order valence-electron chi connectivity index (χ0n) is 13.0. The van der Waals surface area contributed by atoms with E-state index in [0.717, 1.165) is 36.0 Å². The Morgan fingerprint density at radius 3 is 2.86 bits per heavy atom. The lowest BCUT2D eigenvalue weighted by Gasteiger charge is -2.18. The fourth-order valence-electron chi connectivity index (χ4n) is 3.50. The van der Waals surface area contributed by atoms with Gasteiger partial charge in [0, 0.05) is 24.2 Å². The molecule has 2 N–H and O–H groups in total. The van der Waals surface area contributed by atoms with Crippen molar-refractivity contribution in [3.8, 4) is 0 Å². The molecule has 0 saturated carbocycles. The zero-order chi connectivity index (χ0) is 15.3. The van der Waals surface area contributed by atoms with Crippen LogP contribution < -0.4 is 5.32 Å². The van der Waals surface area contributed by atoms with Gasteiger partial charge in [-0.1, -0.05) is 6.07 Å². The van der Waals surface area contributed by atoms with Crippen LogP contribution in [0.25, 0.3) is 21.9 Å². The Labute approximate surface area is 129 Å². The van der Waals surface area contributed by atoms with E-state index in [2.05, 4.69) is 33.1 Å². The van der Waals surface area contributed by atoms with Gasteiger partial charge in [0.15, 0.2) is 0 Å². The lowest BCUT2D eigenvalue weighted by atomic mass is 9.97. The van der Waals surface area contributed by atoms with E-state index in [0.29, 0.717) is 6.04 Å². The van der Waals surface area contributed by atoms with Crippen LogP contribution in [0.15, 0.2) is 36.5 Å². The summed E-state index contributed by atoms with van der Waals surface area (Å²) in [6.45, 7) is 5.71. The summed E-state index contributed by atoms with van der Waals surface area (Å²) in [5.41, 5.74) is 3.49. The smallest absolute Gasteiger partial charge is 0.0959 e. The molecule has 0 aliphatic carbocycles. The van der Waals surface area contributed by atoms with E-state index < -0.39 is 5.60 Å². The Morgan fingerprint density at radius 1 is 1.27 bits per heavy atom. The number of nitrogens with zero attached hydrogens (tertiary/aromatic N) is 2. The Bertz CT molecular complexity index is 839. The second-order valence-corrected chi connectivity index (χ2v) is 6.68. The minimum atomic E-state index is -0.841. The van der Waals surface area contributed by atoms with E-state index in [9.17, 15) is 5.11 Å². The molecule has 2 aromatic heterocycles. The first-order valence-electron chi connectivity index (χ1n) is 7.88. The topological polar surface area (TPSA) is 50.1 Å². The number of hydrogen-bond donors (Lipinski definition) is 2. The standard InChI is InChI=1S/C18H21N3O/c1-18(2,22)12-5-6-15-14(10-12)17-16(4-3-8-20-17)21(15)13-7-9-19-11-13/h3-6,8,10,13,19,22H,7,9,11H2,1-2H3. The van der Waals surface area contributed by atoms with Crippen LogP contribution in [0.2, 0.25) is 0 Å². The lowest BCUT2D eigenvalue weighted by Crippen LogP contribution is -2.15. The van der Waals surface area contributed by atoms with Crippen LogP contribution in [0.5, 0.6) is 0 Å². The molecule has 1 aliphatic heterocycles. The van der Waals surface area contributed by atoms with Crippen molar-refractivity contribution in [3.63, 3.8) is 0 Å². The van der Waals surface area contributed by atoms with Gasteiger partial charge in [0.05, 0.1) is 22.2 Å². The number of aliphatic hydroxyl groups is 1. The van der Waals surface area contributed by atoms with Gasteiger partial charge in [0.25, 0.3) is 0 Å². The summed E-state index contributed by atoms with van der Waals surface area (Å²) in [7, 11) is 0. The second-order valence-electron chi connectivity index (χ2n) is 6.68. The molecular weight excluding hydrogens is 274 g/mol. The van der Waals surface area contributed by atoms with E-state index >= 15 is 0 Å². The van der Waals surface area contributed by atoms with Crippen molar-refractivity contribution in [1.29, 1.82) is 0 Å². The Hall–Kier alpha value is -1.91. The highest BCUT2D eigenvalue weighted by Crippen LogP contribution is 2.34. The van der Waals surface area contributed by atoms with Gasteiger partial charge in [-0.15, -0.1) is 0 Å². The van der Waals surface area contributed by atoms with E-state index in [4.69, 9.17) is 0 Å². The van der Waals surface area contributed by atoms with E-state index in [1.165, 1.54) is 11.0 Å². The summed E-state index contributed by atoms with van der Waals surface area (Å²) in [5, 5.41) is 14.9. The summed E-state index contributed by atoms with van der Waals surface area (Å²) in [6, 6.07) is 10.9. The molecule has 114 valence electrons. The average molecular weight is 295 g/mol. The maximum atomic E-state index is 10.3. The summed E-state index contributed by atoms with van der Waals surface area (Å²) in [5.74, 6) is 0. The van der Waals surface area contributed by atoms with Gasteiger partial charge < -0.3 is 15.0 Å². The molecule has 4 heteroatoms. The predicted octanol–water partition coefficient (Wildman–Crippen LogP) is 2.95. The molecule has 4 rings (SSSR count). The summed E-state index contributed by atoms with van der Waals surface area (Å²) in [6.07, 6.45) is 2.98. The molecule has 1 saturated heterocycles. The molecular formula is C18H21N3O. The Kier molecular flexibility index (Phi) is 2.99. The van der Waals surface area contributed by atoms with Gasteiger partial charge in [-0.2, -0.15) is 0 Å². The highest BCUT2D eigenvalue weighted by Gasteiger charge is 2.23. The molecule has 1 atom stereocenters. The lowest BCUT2D eigenvalue weighted by molar-refractivity contribution is 0.0787. The average Bonchev–Trinajstić information content (AvgIpc) is 3.10. The fraction of sp³-hybridized carbons (Fsp3) is 0.389. The summed E-state index contributed by atoms with van der Waals surface area (Å²) < 4.78 is 2.41. The number of benzene rings is 1. The van der Waals surface area contributed by atoms with Crippen molar-refractivity contribution in [3.05, 3.63) is 42.1 Å². The zero-order valence-corrected chi connectivity index (χ0v) is 13.0. The number of hydrogen-bond acceptors (Lipinski definition) is 3. The first-order valence-corrected chi connectivity index (χ1v) is 7.88. The summed E-state index contributed by atoms with van der Waals surface area (Å²) >= 11 is 0. The fourth-order valence-corrected chi connectivity index (χ4v) is 3.50. The van der Waals surface area contributed by atoms with Crippen LogP contribution in [0.1, 0.15) is 31.9 Å².